The van der Waals surface area contributed by atoms with Crippen molar-refractivity contribution in [2.45, 2.75) is 13.2 Å². The SMILES string of the molecule is O=C(CO)c1ccc(CN(C(=O)N2CCOCC2)c2cccc(CF)c2)cc1. The van der Waals surface area contributed by atoms with E-state index in [1.165, 1.54) is 0 Å². The minimum atomic E-state index is -0.606. The fourth-order valence-electron chi connectivity index (χ4n) is 3.07. The van der Waals surface area contributed by atoms with E-state index in [4.69, 9.17) is 9.84 Å². The topological polar surface area (TPSA) is 70.1 Å². The average molecular weight is 386 g/mol. The van der Waals surface area contributed by atoms with E-state index in [0.29, 0.717) is 43.1 Å². The number of hydrogen-bond donors (Lipinski definition) is 1. The molecule has 0 spiro atoms. The van der Waals surface area contributed by atoms with Crippen LogP contribution >= 0.6 is 0 Å². The Hall–Kier alpha value is -2.77. The van der Waals surface area contributed by atoms with Gasteiger partial charge in [-0.05, 0) is 23.3 Å². The Morgan fingerprint density at radius 3 is 2.43 bits per heavy atom. The van der Waals surface area contributed by atoms with E-state index in [0.717, 1.165) is 5.56 Å². The molecule has 0 saturated carbocycles. The van der Waals surface area contributed by atoms with Crippen LogP contribution < -0.4 is 4.90 Å². The van der Waals surface area contributed by atoms with Crippen LogP contribution in [0.25, 0.3) is 0 Å². The standard InChI is InChI=1S/C21H23FN2O4/c22-13-17-2-1-3-19(12-17)24(21(27)23-8-10-28-11-9-23)14-16-4-6-18(7-5-16)20(26)15-25/h1-7,12,25H,8-11,13-15H2. The first-order valence-electron chi connectivity index (χ1n) is 9.14. The van der Waals surface area contributed by atoms with Crippen molar-refractivity contribution in [3.05, 3.63) is 65.2 Å². The number of ether oxygens (including phenoxy) is 1. The number of urea groups is 1. The van der Waals surface area contributed by atoms with Gasteiger partial charge in [0, 0.05) is 24.3 Å². The lowest BCUT2D eigenvalue weighted by Crippen LogP contribution is -2.48. The number of aliphatic hydroxyl groups excluding tert-OH is 1. The number of Topliss-reactive ketones (excluding diaryl/α,β-unsaturated/α-hetero) is 1. The molecule has 2 aromatic rings. The normalized spacial score (nSPS) is 14.0. The van der Waals surface area contributed by atoms with Crippen molar-refractivity contribution in [3.8, 4) is 0 Å². The summed E-state index contributed by atoms with van der Waals surface area (Å²) in [4.78, 5) is 28.0. The van der Waals surface area contributed by atoms with E-state index < -0.39 is 13.3 Å². The molecule has 1 aliphatic rings. The van der Waals surface area contributed by atoms with Crippen LogP contribution in [0.1, 0.15) is 21.5 Å². The second-order valence-corrected chi connectivity index (χ2v) is 6.55. The van der Waals surface area contributed by atoms with Crippen molar-refractivity contribution in [2.75, 3.05) is 37.8 Å². The third-order valence-electron chi connectivity index (χ3n) is 4.65. The molecule has 6 nitrogen and oxygen atoms in total. The Kier molecular flexibility index (Phi) is 6.73. The molecule has 0 bridgehead atoms. The quantitative estimate of drug-likeness (QED) is 0.775. The molecule has 1 saturated heterocycles. The van der Waals surface area contributed by atoms with Crippen molar-refractivity contribution in [2.24, 2.45) is 0 Å². The lowest BCUT2D eigenvalue weighted by molar-refractivity contribution is 0.0548. The molecule has 1 fully saturated rings. The smallest absolute Gasteiger partial charge is 0.324 e. The van der Waals surface area contributed by atoms with E-state index >= 15 is 0 Å². The van der Waals surface area contributed by atoms with E-state index in [-0.39, 0.29) is 18.4 Å². The predicted octanol–water partition coefficient (Wildman–Crippen LogP) is 2.79. The highest BCUT2D eigenvalue weighted by molar-refractivity contribution is 5.97. The highest BCUT2D eigenvalue weighted by Crippen LogP contribution is 2.22. The summed E-state index contributed by atoms with van der Waals surface area (Å²) in [5.41, 5.74) is 2.35. The molecule has 0 radical (unpaired) electrons. The zero-order valence-electron chi connectivity index (χ0n) is 15.5. The van der Waals surface area contributed by atoms with Gasteiger partial charge in [0.15, 0.2) is 5.78 Å². The highest BCUT2D eigenvalue weighted by Gasteiger charge is 2.24. The summed E-state index contributed by atoms with van der Waals surface area (Å²) in [5.74, 6) is -0.358. The molecule has 1 aliphatic heterocycles. The zero-order chi connectivity index (χ0) is 19.9. The van der Waals surface area contributed by atoms with Crippen molar-refractivity contribution in [1.29, 1.82) is 0 Å². The minimum Gasteiger partial charge on any atom is -0.388 e. The number of rotatable bonds is 6. The van der Waals surface area contributed by atoms with Gasteiger partial charge in [0.1, 0.15) is 13.3 Å². The summed E-state index contributed by atoms with van der Waals surface area (Å²) in [5, 5.41) is 8.97. The van der Waals surface area contributed by atoms with Crippen LogP contribution in [0.15, 0.2) is 48.5 Å². The Morgan fingerprint density at radius 1 is 1.07 bits per heavy atom. The number of aliphatic hydroxyl groups is 1. The molecule has 1 heterocycles. The number of hydrogen-bond acceptors (Lipinski definition) is 4. The maximum absolute atomic E-state index is 13.1. The van der Waals surface area contributed by atoms with Crippen LogP contribution in [-0.2, 0) is 18.0 Å². The van der Waals surface area contributed by atoms with Crippen molar-refractivity contribution in [3.63, 3.8) is 0 Å². The molecule has 0 unspecified atom stereocenters. The van der Waals surface area contributed by atoms with Crippen LogP contribution in [0.2, 0.25) is 0 Å². The van der Waals surface area contributed by atoms with Gasteiger partial charge in [0.25, 0.3) is 0 Å². The van der Waals surface area contributed by atoms with E-state index in [1.807, 2.05) is 0 Å². The van der Waals surface area contributed by atoms with Gasteiger partial charge in [-0.25, -0.2) is 9.18 Å². The highest BCUT2D eigenvalue weighted by atomic mass is 19.1. The number of anilines is 1. The minimum absolute atomic E-state index is 0.171. The first-order chi connectivity index (χ1) is 13.6. The lowest BCUT2D eigenvalue weighted by Gasteiger charge is -2.33. The van der Waals surface area contributed by atoms with Gasteiger partial charge in [-0.1, -0.05) is 36.4 Å². The van der Waals surface area contributed by atoms with E-state index in [9.17, 15) is 14.0 Å². The van der Waals surface area contributed by atoms with Gasteiger partial charge in [-0.2, -0.15) is 0 Å². The summed E-state index contributed by atoms with van der Waals surface area (Å²) in [6, 6.07) is 13.4. The van der Waals surface area contributed by atoms with Gasteiger partial charge in [0.2, 0.25) is 0 Å². The number of carbonyl (C=O) groups is 2. The maximum Gasteiger partial charge on any atom is 0.324 e. The number of amides is 2. The van der Waals surface area contributed by atoms with Crippen LogP contribution in [0, 0.1) is 0 Å². The van der Waals surface area contributed by atoms with E-state index in [2.05, 4.69) is 0 Å². The molecule has 148 valence electrons. The number of alkyl halides is 1. The summed E-state index contributed by atoms with van der Waals surface area (Å²) in [6.07, 6.45) is 0. The van der Waals surface area contributed by atoms with Gasteiger partial charge in [-0.15, -0.1) is 0 Å². The fraction of sp³-hybridized carbons (Fsp3) is 0.333. The van der Waals surface area contributed by atoms with Crippen molar-refractivity contribution in [1.82, 2.24) is 4.90 Å². The molecular weight excluding hydrogens is 363 g/mol. The third kappa shape index (κ3) is 4.74. The summed E-state index contributed by atoms with van der Waals surface area (Å²) in [7, 11) is 0. The summed E-state index contributed by atoms with van der Waals surface area (Å²) >= 11 is 0. The molecule has 0 aliphatic carbocycles. The first kappa shape index (κ1) is 20.0. The predicted molar refractivity (Wildman–Crippen MR) is 103 cm³/mol. The van der Waals surface area contributed by atoms with Crippen molar-refractivity contribution < 1.29 is 23.8 Å². The molecule has 28 heavy (non-hydrogen) atoms. The molecule has 0 aromatic heterocycles. The van der Waals surface area contributed by atoms with E-state index in [1.54, 1.807) is 58.3 Å². The molecule has 7 heteroatoms. The maximum atomic E-state index is 13.1. The van der Waals surface area contributed by atoms with Crippen LogP contribution in [0.5, 0.6) is 0 Å². The third-order valence-corrected chi connectivity index (χ3v) is 4.65. The summed E-state index contributed by atoms with van der Waals surface area (Å²) < 4.78 is 18.4. The first-order valence-corrected chi connectivity index (χ1v) is 9.14. The number of morpholine rings is 1. The van der Waals surface area contributed by atoms with Crippen LogP contribution in [0.3, 0.4) is 0 Å². The van der Waals surface area contributed by atoms with Crippen LogP contribution in [0.4, 0.5) is 14.9 Å². The second-order valence-electron chi connectivity index (χ2n) is 6.55. The summed E-state index contributed by atoms with van der Waals surface area (Å²) in [6.45, 7) is 1.11. The zero-order valence-corrected chi connectivity index (χ0v) is 15.5. The Balaban J connectivity index is 1.86. The second kappa shape index (κ2) is 9.43. The Labute approximate surface area is 163 Å². The number of nitrogens with zero attached hydrogens (tertiary/aromatic N) is 2. The number of carbonyl (C=O) groups excluding carboxylic acids is 2. The molecule has 0 atom stereocenters. The van der Waals surface area contributed by atoms with Gasteiger partial charge >= 0.3 is 6.03 Å². The molecule has 2 aromatic carbocycles. The van der Waals surface area contributed by atoms with Gasteiger partial charge in [-0.3, -0.25) is 9.69 Å². The molecular formula is C21H23FN2O4. The lowest BCUT2D eigenvalue weighted by atomic mass is 10.1. The molecule has 1 N–H and O–H groups in total. The fourth-order valence-corrected chi connectivity index (χ4v) is 3.07. The Morgan fingerprint density at radius 2 is 1.79 bits per heavy atom. The van der Waals surface area contributed by atoms with Gasteiger partial charge in [0.05, 0.1) is 19.8 Å². The number of ketones is 1. The molecule has 3 rings (SSSR count). The van der Waals surface area contributed by atoms with Crippen molar-refractivity contribution >= 4 is 17.5 Å². The largest absolute Gasteiger partial charge is 0.388 e. The number of benzene rings is 2. The monoisotopic (exact) mass is 386 g/mol. The average Bonchev–Trinajstić information content (AvgIpc) is 2.77. The van der Waals surface area contributed by atoms with Gasteiger partial charge < -0.3 is 14.7 Å². The Bertz CT molecular complexity index is 819. The van der Waals surface area contributed by atoms with Crippen LogP contribution in [-0.4, -0.2) is 54.7 Å². The molecule has 2 amide bonds. The number of halogens is 1.